The molecule has 1 saturated heterocycles. The average Bonchev–Trinajstić information content (AvgIpc) is 3.32. The first-order valence-electron chi connectivity index (χ1n) is 11.7. The molecule has 2 N–H and O–H groups in total. The van der Waals surface area contributed by atoms with Crippen molar-refractivity contribution in [3.63, 3.8) is 0 Å². The second-order valence-electron chi connectivity index (χ2n) is 8.89. The number of hydrogen-bond donors (Lipinski definition) is 2. The number of benzene rings is 1. The Morgan fingerprint density at radius 1 is 1.11 bits per heavy atom. The third-order valence-electron chi connectivity index (χ3n) is 6.33. The molecule has 0 spiro atoms. The Hall–Kier alpha value is -4.12. The molecule has 1 aromatic carbocycles. The first kappa shape index (κ1) is 24.6. The monoisotopic (exact) mass is 508 g/mol. The van der Waals surface area contributed by atoms with Crippen molar-refractivity contribution in [2.24, 2.45) is 0 Å². The van der Waals surface area contributed by atoms with Gasteiger partial charge in [-0.25, -0.2) is 15.0 Å². The fourth-order valence-electron chi connectivity index (χ4n) is 4.46. The molecular formula is C26H23F3N6O2. The standard InChI is InChI=1S/C26H23F3N6O2/c1-15-4-2-12-30-22(15)19-11-10-18-23(31-17-8-6-16(7-9-17)26(27,28)29)33-21(34-24(18)32-19)14-35-13-3-5-20(35)25(36)37/h2,4,6-12,20H,3,5,13-14H2,1H3,(H,36,37)(H,31,32,33,34)/t20-/m0/s1. The van der Waals surface area contributed by atoms with Crippen LogP contribution in [0.4, 0.5) is 24.7 Å². The maximum atomic E-state index is 13.0. The summed E-state index contributed by atoms with van der Waals surface area (Å²) in [6, 6.07) is 11.4. The SMILES string of the molecule is Cc1cccnc1-c1ccc2c(Nc3ccc(C(F)(F)F)cc3)nc(CN3CCC[C@H]3C(=O)O)nc2n1. The van der Waals surface area contributed by atoms with Gasteiger partial charge in [-0.1, -0.05) is 6.07 Å². The van der Waals surface area contributed by atoms with Gasteiger partial charge in [0.2, 0.25) is 0 Å². The number of likely N-dealkylation sites (tertiary alicyclic amines) is 1. The number of aryl methyl sites for hydroxylation is 1. The Morgan fingerprint density at radius 3 is 2.59 bits per heavy atom. The van der Waals surface area contributed by atoms with Crippen LogP contribution in [0, 0.1) is 6.92 Å². The molecule has 3 aromatic heterocycles. The molecule has 37 heavy (non-hydrogen) atoms. The summed E-state index contributed by atoms with van der Waals surface area (Å²) in [5.41, 5.74) is 2.28. The quantitative estimate of drug-likeness (QED) is 0.366. The number of halogens is 3. The van der Waals surface area contributed by atoms with E-state index in [-0.39, 0.29) is 6.54 Å². The van der Waals surface area contributed by atoms with Crippen LogP contribution in [0.25, 0.3) is 22.4 Å². The summed E-state index contributed by atoms with van der Waals surface area (Å²) in [5.74, 6) is -0.174. The molecule has 0 aliphatic carbocycles. The van der Waals surface area contributed by atoms with Gasteiger partial charge in [0.25, 0.3) is 0 Å². The van der Waals surface area contributed by atoms with Gasteiger partial charge < -0.3 is 10.4 Å². The maximum Gasteiger partial charge on any atom is 0.416 e. The molecule has 1 aliphatic rings. The van der Waals surface area contributed by atoms with Gasteiger partial charge in [0.1, 0.15) is 17.7 Å². The van der Waals surface area contributed by atoms with Crippen LogP contribution in [0.1, 0.15) is 29.8 Å². The van der Waals surface area contributed by atoms with Crippen molar-refractivity contribution in [3.05, 3.63) is 71.7 Å². The lowest BCUT2D eigenvalue weighted by Crippen LogP contribution is -2.35. The molecule has 1 atom stereocenters. The number of rotatable bonds is 6. The van der Waals surface area contributed by atoms with Crippen LogP contribution in [0.3, 0.4) is 0 Å². The van der Waals surface area contributed by atoms with Gasteiger partial charge in [-0.2, -0.15) is 13.2 Å². The van der Waals surface area contributed by atoms with E-state index in [1.54, 1.807) is 23.2 Å². The summed E-state index contributed by atoms with van der Waals surface area (Å²) >= 11 is 0. The summed E-state index contributed by atoms with van der Waals surface area (Å²) in [6.07, 6.45) is -1.46. The number of alkyl halides is 3. The van der Waals surface area contributed by atoms with Crippen molar-refractivity contribution < 1.29 is 23.1 Å². The lowest BCUT2D eigenvalue weighted by Gasteiger charge is -2.20. The number of fused-ring (bicyclic) bond motifs is 1. The highest BCUT2D eigenvalue weighted by atomic mass is 19.4. The zero-order valence-corrected chi connectivity index (χ0v) is 19.8. The van der Waals surface area contributed by atoms with Crippen LogP contribution in [0.5, 0.6) is 0 Å². The van der Waals surface area contributed by atoms with Crippen LogP contribution in [0.2, 0.25) is 0 Å². The molecule has 4 aromatic rings. The van der Waals surface area contributed by atoms with E-state index in [4.69, 9.17) is 4.98 Å². The molecule has 0 radical (unpaired) electrons. The van der Waals surface area contributed by atoms with Crippen LogP contribution >= 0.6 is 0 Å². The van der Waals surface area contributed by atoms with Gasteiger partial charge in [-0.15, -0.1) is 0 Å². The number of pyridine rings is 2. The smallest absolute Gasteiger partial charge is 0.416 e. The van der Waals surface area contributed by atoms with Gasteiger partial charge in [-0.3, -0.25) is 14.7 Å². The number of anilines is 2. The van der Waals surface area contributed by atoms with E-state index in [0.29, 0.717) is 52.7 Å². The Labute approximate surface area is 210 Å². The summed E-state index contributed by atoms with van der Waals surface area (Å²) < 4.78 is 39.0. The largest absolute Gasteiger partial charge is 0.480 e. The first-order valence-corrected chi connectivity index (χ1v) is 11.7. The van der Waals surface area contributed by atoms with Gasteiger partial charge in [0, 0.05) is 11.9 Å². The maximum absolute atomic E-state index is 13.0. The normalized spacial score (nSPS) is 16.3. The van der Waals surface area contributed by atoms with Crippen molar-refractivity contribution in [2.45, 2.75) is 38.5 Å². The predicted octanol–water partition coefficient (Wildman–Crippen LogP) is 5.21. The minimum atomic E-state index is -4.44. The third kappa shape index (κ3) is 5.21. The number of carboxylic acids is 1. The zero-order valence-electron chi connectivity index (χ0n) is 19.8. The summed E-state index contributed by atoms with van der Waals surface area (Å²) in [6.45, 7) is 2.72. The highest BCUT2D eigenvalue weighted by molar-refractivity contribution is 5.90. The number of aromatic nitrogens is 4. The van der Waals surface area contributed by atoms with E-state index in [1.807, 2.05) is 19.1 Å². The fraction of sp³-hybridized carbons (Fsp3) is 0.269. The molecule has 4 heterocycles. The molecule has 190 valence electrons. The fourth-order valence-corrected chi connectivity index (χ4v) is 4.46. The van der Waals surface area contributed by atoms with Crippen LogP contribution in [-0.2, 0) is 17.5 Å². The van der Waals surface area contributed by atoms with Gasteiger partial charge in [0.05, 0.1) is 28.9 Å². The molecule has 0 saturated carbocycles. The zero-order chi connectivity index (χ0) is 26.2. The average molecular weight is 509 g/mol. The molecule has 1 aliphatic heterocycles. The summed E-state index contributed by atoms with van der Waals surface area (Å²) in [7, 11) is 0. The minimum absolute atomic E-state index is 0.198. The number of carbonyl (C=O) groups is 1. The van der Waals surface area contributed by atoms with Crippen molar-refractivity contribution in [1.82, 2.24) is 24.8 Å². The van der Waals surface area contributed by atoms with E-state index in [0.717, 1.165) is 24.1 Å². The lowest BCUT2D eigenvalue weighted by atomic mass is 10.1. The lowest BCUT2D eigenvalue weighted by molar-refractivity contribution is -0.142. The van der Waals surface area contributed by atoms with Gasteiger partial charge in [-0.05, 0) is 74.3 Å². The van der Waals surface area contributed by atoms with E-state index in [9.17, 15) is 23.1 Å². The second kappa shape index (κ2) is 9.74. The van der Waals surface area contributed by atoms with Gasteiger partial charge in [0.15, 0.2) is 5.65 Å². The summed E-state index contributed by atoms with van der Waals surface area (Å²) in [5, 5.41) is 13.2. The third-order valence-corrected chi connectivity index (χ3v) is 6.33. The number of aliphatic carboxylic acids is 1. The van der Waals surface area contributed by atoms with E-state index < -0.39 is 23.8 Å². The Balaban J connectivity index is 1.56. The minimum Gasteiger partial charge on any atom is -0.480 e. The highest BCUT2D eigenvalue weighted by Crippen LogP contribution is 2.32. The first-order chi connectivity index (χ1) is 17.7. The molecule has 0 bridgehead atoms. The van der Waals surface area contributed by atoms with E-state index in [1.165, 1.54) is 12.1 Å². The number of carboxylic acid groups (broad SMARTS) is 1. The topological polar surface area (TPSA) is 104 Å². The highest BCUT2D eigenvalue weighted by Gasteiger charge is 2.31. The van der Waals surface area contributed by atoms with E-state index >= 15 is 0 Å². The Morgan fingerprint density at radius 2 is 1.89 bits per heavy atom. The number of nitrogens with zero attached hydrogens (tertiary/aromatic N) is 5. The Kier molecular flexibility index (Phi) is 6.46. The number of hydrogen-bond acceptors (Lipinski definition) is 7. The second-order valence-corrected chi connectivity index (χ2v) is 8.89. The molecule has 0 amide bonds. The van der Waals surface area contributed by atoms with Crippen molar-refractivity contribution in [3.8, 4) is 11.4 Å². The van der Waals surface area contributed by atoms with Crippen molar-refractivity contribution in [1.29, 1.82) is 0 Å². The molecule has 1 fully saturated rings. The molecule has 11 heteroatoms. The summed E-state index contributed by atoms with van der Waals surface area (Å²) in [4.78, 5) is 31.8. The van der Waals surface area contributed by atoms with Crippen LogP contribution in [0.15, 0.2) is 54.7 Å². The molecule has 5 rings (SSSR count). The molecular weight excluding hydrogens is 485 g/mol. The molecule has 8 nitrogen and oxygen atoms in total. The molecule has 0 unspecified atom stereocenters. The van der Waals surface area contributed by atoms with Gasteiger partial charge >= 0.3 is 12.1 Å². The van der Waals surface area contributed by atoms with Crippen LogP contribution < -0.4 is 5.32 Å². The van der Waals surface area contributed by atoms with E-state index in [2.05, 4.69) is 20.3 Å². The van der Waals surface area contributed by atoms with Crippen molar-refractivity contribution in [2.75, 3.05) is 11.9 Å². The Bertz CT molecular complexity index is 1460. The van der Waals surface area contributed by atoms with Crippen LogP contribution in [-0.4, -0.2) is 48.5 Å². The number of nitrogens with one attached hydrogen (secondary N) is 1. The predicted molar refractivity (Wildman–Crippen MR) is 131 cm³/mol. The van der Waals surface area contributed by atoms with Crippen molar-refractivity contribution >= 4 is 28.5 Å².